The largest absolute Gasteiger partial charge is 0.481 e. The number of aromatic nitrogens is 2. The van der Waals surface area contributed by atoms with Crippen molar-refractivity contribution in [3.8, 4) is 5.88 Å². The Balaban J connectivity index is 1.87. The molecule has 1 aromatic heterocycles. The molecule has 0 amide bonds. The van der Waals surface area contributed by atoms with Crippen molar-refractivity contribution in [3.63, 3.8) is 0 Å². The van der Waals surface area contributed by atoms with Crippen molar-refractivity contribution < 1.29 is 14.6 Å². The van der Waals surface area contributed by atoms with Crippen LogP contribution >= 0.6 is 0 Å². The van der Waals surface area contributed by atoms with Gasteiger partial charge in [0.25, 0.3) is 0 Å². The molecule has 0 bridgehead atoms. The fraction of sp³-hybridized carbons (Fsp3) is 0.615. The number of nitrogens with zero attached hydrogens (tertiary/aromatic N) is 3. The zero-order valence-corrected chi connectivity index (χ0v) is 10.9. The summed E-state index contributed by atoms with van der Waals surface area (Å²) in [5.74, 6) is 0.598. The van der Waals surface area contributed by atoms with Gasteiger partial charge in [-0.05, 0) is 18.8 Å². The van der Waals surface area contributed by atoms with Crippen LogP contribution in [0.15, 0.2) is 12.3 Å². The summed E-state index contributed by atoms with van der Waals surface area (Å²) < 4.78 is 5.09. The fourth-order valence-corrected chi connectivity index (χ4v) is 3.39. The summed E-state index contributed by atoms with van der Waals surface area (Å²) in [7, 11) is 1.56. The van der Waals surface area contributed by atoms with Crippen LogP contribution in [0.3, 0.4) is 0 Å². The third-order valence-corrected chi connectivity index (χ3v) is 4.41. The first kappa shape index (κ1) is 12.2. The smallest absolute Gasteiger partial charge is 0.311 e. The molecule has 102 valence electrons. The number of aliphatic carboxylic acids is 1. The van der Waals surface area contributed by atoms with Gasteiger partial charge in [-0.3, -0.25) is 4.79 Å². The monoisotopic (exact) mass is 263 g/mol. The highest BCUT2D eigenvalue weighted by Crippen LogP contribution is 2.49. The molecule has 1 aliphatic heterocycles. The van der Waals surface area contributed by atoms with E-state index in [1.165, 1.54) is 0 Å². The van der Waals surface area contributed by atoms with Gasteiger partial charge >= 0.3 is 5.97 Å². The predicted molar refractivity (Wildman–Crippen MR) is 68.2 cm³/mol. The van der Waals surface area contributed by atoms with Crippen molar-refractivity contribution in [1.82, 2.24) is 9.97 Å². The molecule has 19 heavy (non-hydrogen) atoms. The van der Waals surface area contributed by atoms with E-state index >= 15 is 0 Å². The Morgan fingerprint density at radius 2 is 2.47 bits per heavy atom. The van der Waals surface area contributed by atoms with Gasteiger partial charge in [0, 0.05) is 25.4 Å². The minimum atomic E-state index is -0.680. The first-order valence-corrected chi connectivity index (χ1v) is 6.51. The summed E-state index contributed by atoms with van der Waals surface area (Å²) in [6, 6.07) is 1.69. The quantitative estimate of drug-likeness (QED) is 0.882. The lowest BCUT2D eigenvalue weighted by molar-refractivity contribution is -0.149. The standard InChI is InChI=1S/C13H17N3O3/c1-19-10-4-6-14-12(15-10)16-7-9-3-2-5-13(9,8-16)11(17)18/h4,6,9H,2-3,5,7-8H2,1H3,(H,17,18)/t9-,13+/m0/s1. The molecule has 2 heterocycles. The topological polar surface area (TPSA) is 75.5 Å². The highest BCUT2D eigenvalue weighted by atomic mass is 16.5. The Kier molecular flexibility index (Phi) is 2.80. The van der Waals surface area contributed by atoms with Crippen LogP contribution in [0.25, 0.3) is 0 Å². The van der Waals surface area contributed by atoms with Crippen LogP contribution in [0.4, 0.5) is 5.95 Å². The second-order valence-corrected chi connectivity index (χ2v) is 5.33. The van der Waals surface area contributed by atoms with Gasteiger partial charge in [0.1, 0.15) is 0 Å². The van der Waals surface area contributed by atoms with E-state index in [4.69, 9.17) is 4.74 Å². The maximum atomic E-state index is 11.6. The fourth-order valence-electron chi connectivity index (χ4n) is 3.39. The van der Waals surface area contributed by atoms with Crippen molar-refractivity contribution in [3.05, 3.63) is 12.3 Å². The number of fused-ring (bicyclic) bond motifs is 1. The van der Waals surface area contributed by atoms with E-state index in [0.717, 1.165) is 25.8 Å². The number of carboxylic acids is 1. The molecule has 0 unspecified atom stereocenters. The molecule has 0 radical (unpaired) electrons. The second-order valence-electron chi connectivity index (χ2n) is 5.33. The zero-order chi connectivity index (χ0) is 13.5. The molecule has 1 saturated heterocycles. The number of methoxy groups -OCH3 is 1. The van der Waals surface area contributed by atoms with Gasteiger partial charge in [-0.2, -0.15) is 4.98 Å². The number of hydrogen-bond acceptors (Lipinski definition) is 5. The minimum Gasteiger partial charge on any atom is -0.481 e. The summed E-state index contributed by atoms with van der Waals surface area (Å²) in [6.45, 7) is 1.22. The number of hydrogen-bond donors (Lipinski definition) is 1. The highest BCUT2D eigenvalue weighted by Gasteiger charge is 2.55. The Labute approximate surface area is 111 Å². The summed E-state index contributed by atoms with van der Waals surface area (Å²) >= 11 is 0. The van der Waals surface area contributed by atoms with Gasteiger partial charge in [0.05, 0.1) is 12.5 Å². The third kappa shape index (κ3) is 1.82. The van der Waals surface area contributed by atoms with Crippen LogP contribution in [0.5, 0.6) is 5.88 Å². The van der Waals surface area contributed by atoms with E-state index in [0.29, 0.717) is 18.4 Å². The number of rotatable bonds is 3. The van der Waals surface area contributed by atoms with Crippen LogP contribution in [-0.2, 0) is 4.79 Å². The first-order chi connectivity index (χ1) is 9.15. The zero-order valence-electron chi connectivity index (χ0n) is 10.9. The van der Waals surface area contributed by atoms with E-state index in [9.17, 15) is 9.90 Å². The summed E-state index contributed by atoms with van der Waals surface area (Å²) in [6.07, 6.45) is 4.38. The molecule has 1 aliphatic carbocycles. The molecular formula is C13H17N3O3. The van der Waals surface area contributed by atoms with Crippen molar-refractivity contribution in [2.75, 3.05) is 25.1 Å². The summed E-state index contributed by atoms with van der Waals surface area (Å²) in [5.41, 5.74) is -0.605. The van der Waals surface area contributed by atoms with Crippen molar-refractivity contribution in [2.45, 2.75) is 19.3 Å². The van der Waals surface area contributed by atoms with Crippen LogP contribution < -0.4 is 9.64 Å². The summed E-state index contributed by atoms with van der Waals surface area (Å²) in [4.78, 5) is 22.1. The number of ether oxygens (including phenoxy) is 1. The summed E-state index contributed by atoms with van der Waals surface area (Å²) in [5, 5.41) is 9.55. The normalized spacial score (nSPS) is 29.3. The van der Waals surface area contributed by atoms with Crippen LogP contribution in [-0.4, -0.2) is 41.2 Å². The van der Waals surface area contributed by atoms with Gasteiger partial charge in [0.2, 0.25) is 11.8 Å². The lowest BCUT2D eigenvalue weighted by Gasteiger charge is -2.23. The Bertz CT molecular complexity index is 508. The average Bonchev–Trinajstić information content (AvgIpc) is 2.96. The van der Waals surface area contributed by atoms with Gasteiger partial charge in [-0.25, -0.2) is 4.98 Å². The van der Waals surface area contributed by atoms with E-state index in [1.54, 1.807) is 19.4 Å². The lowest BCUT2D eigenvalue weighted by Crippen LogP contribution is -2.36. The maximum Gasteiger partial charge on any atom is 0.311 e. The van der Waals surface area contributed by atoms with Crippen molar-refractivity contribution in [2.24, 2.45) is 11.3 Å². The maximum absolute atomic E-state index is 11.6. The Morgan fingerprint density at radius 3 is 3.16 bits per heavy atom. The third-order valence-electron chi connectivity index (χ3n) is 4.41. The molecule has 2 atom stereocenters. The van der Waals surface area contributed by atoms with Gasteiger partial charge < -0.3 is 14.7 Å². The van der Waals surface area contributed by atoms with Crippen LogP contribution in [0, 0.1) is 11.3 Å². The lowest BCUT2D eigenvalue weighted by atomic mass is 9.81. The molecule has 1 saturated carbocycles. The molecule has 1 aromatic rings. The molecule has 1 N–H and O–H groups in total. The van der Waals surface area contributed by atoms with Gasteiger partial charge in [0.15, 0.2) is 0 Å². The predicted octanol–water partition coefficient (Wildman–Crippen LogP) is 1.18. The molecule has 6 heteroatoms. The number of anilines is 1. The van der Waals surface area contributed by atoms with Gasteiger partial charge in [-0.15, -0.1) is 0 Å². The van der Waals surface area contributed by atoms with Crippen molar-refractivity contribution >= 4 is 11.9 Å². The molecule has 6 nitrogen and oxygen atoms in total. The molecule has 0 aromatic carbocycles. The molecule has 3 rings (SSSR count). The average molecular weight is 263 g/mol. The Hall–Kier alpha value is -1.85. The van der Waals surface area contributed by atoms with Gasteiger partial charge in [-0.1, -0.05) is 6.42 Å². The number of carboxylic acid groups (broad SMARTS) is 1. The first-order valence-electron chi connectivity index (χ1n) is 6.51. The van der Waals surface area contributed by atoms with Crippen LogP contribution in [0.1, 0.15) is 19.3 Å². The van der Waals surface area contributed by atoms with Crippen molar-refractivity contribution in [1.29, 1.82) is 0 Å². The van der Waals surface area contributed by atoms with Crippen LogP contribution in [0.2, 0.25) is 0 Å². The van der Waals surface area contributed by atoms with E-state index in [1.807, 2.05) is 4.90 Å². The minimum absolute atomic E-state index is 0.208. The molecular weight excluding hydrogens is 246 g/mol. The SMILES string of the molecule is COc1ccnc(N2C[C@@H]3CCC[C@@]3(C(=O)O)C2)n1. The Morgan fingerprint density at radius 1 is 1.63 bits per heavy atom. The molecule has 2 fully saturated rings. The highest BCUT2D eigenvalue weighted by molar-refractivity contribution is 5.77. The molecule has 0 spiro atoms. The second kappa shape index (κ2) is 4.36. The molecule has 2 aliphatic rings. The van der Waals surface area contributed by atoms with E-state index in [-0.39, 0.29) is 5.92 Å². The number of carbonyl (C=O) groups is 1. The van der Waals surface area contributed by atoms with E-state index in [2.05, 4.69) is 9.97 Å². The van der Waals surface area contributed by atoms with E-state index < -0.39 is 11.4 Å².